The van der Waals surface area contributed by atoms with Gasteiger partial charge in [0.25, 0.3) is 5.91 Å². The molecule has 144 valence electrons. The summed E-state index contributed by atoms with van der Waals surface area (Å²) >= 11 is 3.55. The van der Waals surface area contributed by atoms with Gasteiger partial charge in [-0.25, -0.2) is 4.68 Å². The van der Waals surface area contributed by atoms with Crippen LogP contribution in [0.3, 0.4) is 0 Å². The van der Waals surface area contributed by atoms with E-state index in [0.717, 1.165) is 27.7 Å². The second kappa shape index (κ2) is 6.47. The lowest BCUT2D eigenvalue weighted by molar-refractivity contribution is -0.0120. The maximum absolute atomic E-state index is 12.8. The zero-order valence-electron chi connectivity index (χ0n) is 15.9. The van der Waals surface area contributed by atoms with Gasteiger partial charge in [0.15, 0.2) is 0 Å². The third-order valence-electron chi connectivity index (χ3n) is 6.97. The molecule has 1 N–H and O–H groups in total. The molecule has 4 aliphatic carbocycles. The van der Waals surface area contributed by atoms with Crippen molar-refractivity contribution in [3.63, 3.8) is 0 Å². The number of aryl methyl sites for hydroxylation is 1. The molecule has 2 heterocycles. The number of amides is 1. The number of carbonyl (C=O) groups excluding carboxylic acids is 1. The first-order valence-corrected chi connectivity index (χ1v) is 10.8. The number of aromatic nitrogens is 4. The number of rotatable bonds is 4. The van der Waals surface area contributed by atoms with E-state index in [2.05, 4.69) is 31.4 Å². The molecule has 2 aromatic rings. The highest BCUT2D eigenvalue weighted by atomic mass is 79.9. The molecule has 0 atom stereocenters. The minimum absolute atomic E-state index is 0.0271. The summed E-state index contributed by atoms with van der Waals surface area (Å²) in [5.41, 5.74) is 2.52. The van der Waals surface area contributed by atoms with Crippen molar-refractivity contribution < 1.29 is 4.79 Å². The highest BCUT2D eigenvalue weighted by Gasteiger charge is 2.48. The van der Waals surface area contributed by atoms with Gasteiger partial charge in [0, 0.05) is 12.2 Å². The van der Waals surface area contributed by atoms with Crippen LogP contribution in [0.2, 0.25) is 0 Å². The Balaban J connectivity index is 1.27. The summed E-state index contributed by atoms with van der Waals surface area (Å²) in [4.78, 5) is 12.8. The Morgan fingerprint density at radius 1 is 1.15 bits per heavy atom. The van der Waals surface area contributed by atoms with Gasteiger partial charge in [-0.05, 0) is 91.6 Å². The number of hydrogen-bond acceptors (Lipinski definition) is 3. The van der Waals surface area contributed by atoms with E-state index >= 15 is 0 Å². The highest BCUT2D eigenvalue weighted by Crippen LogP contribution is 2.53. The number of nitrogens with one attached hydrogen (secondary N) is 1. The number of nitrogens with zero attached hydrogens (tertiary/aromatic N) is 4. The molecule has 4 aliphatic rings. The van der Waals surface area contributed by atoms with E-state index in [1.165, 1.54) is 32.1 Å². The van der Waals surface area contributed by atoms with Crippen LogP contribution in [-0.4, -0.2) is 31.5 Å². The van der Waals surface area contributed by atoms with Gasteiger partial charge in [-0.2, -0.15) is 10.2 Å². The minimum atomic E-state index is -0.0271. The topological polar surface area (TPSA) is 64.7 Å². The lowest BCUT2D eigenvalue weighted by Crippen LogP contribution is -2.55. The fourth-order valence-corrected chi connectivity index (χ4v) is 6.18. The van der Waals surface area contributed by atoms with E-state index in [0.29, 0.717) is 30.2 Å². The molecule has 1 amide bonds. The first kappa shape index (κ1) is 17.5. The van der Waals surface area contributed by atoms with E-state index in [4.69, 9.17) is 0 Å². The van der Waals surface area contributed by atoms with Gasteiger partial charge in [-0.1, -0.05) is 0 Å². The van der Waals surface area contributed by atoms with Gasteiger partial charge in [0.05, 0.1) is 15.9 Å². The molecule has 27 heavy (non-hydrogen) atoms. The molecular formula is C20H26BrN5O. The van der Waals surface area contributed by atoms with Crippen LogP contribution in [0.4, 0.5) is 0 Å². The maximum Gasteiger partial charge on any atom is 0.272 e. The SMILES string of the molecule is Cc1nn(Cn2ccc(C(=O)NC3C4CC5CC(C4)CC3C5)n2)c(C)c1Br. The summed E-state index contributed by atoms with van der Waals surface area (Å²) in [6.07, 6.45) is 8.51. The Bertz CT molecular complexity index is 857. The Morgan fingerprint density at radius 3 is 2.41 bits per heavy atom. The van der Waals surface area contributed by atoms with Crippen LogP contribution in [0, 0.1) is 37.5 Å². The van der Waals surface area contributed by atoms with Crippen molar-refractivity contribution in [2.75, 3.05) is 0 Å². The molecule has 0 saturated heterocycles. The van der Waals surface area contributed by atoms with Crippen LogP contribution in [0.25, 0.3) is 0 Å². The lowest BCUT2D eigenvalue weighted by atomic mass is 9.54. The predicted octanol–water partition coefficient (Wildman–Crippen LogP) is 3.52. The maximum atomic E-state index is 12.8. The largest absolute Gasteiger partial charge is 0.347 e. The molecule has 0 spiro atoms. The molecule has 0 aromatic carbocycles. The Kier molecular flexibility index (Phi) is 4.18. The van der Waals surface area contributed by atoms with Crippen LogP contribution in [-0.2, 0) is 6.67 Å². The molecule has 0 radical (unpaired) electrons. The number of hydrogen-bond donors (Lipinski definition) is 1. The van der Waals surface area contributed by atoms with Crippen molar-refractivity contribution in [3.05, 3.63) is 33.8 Å². The monoisotopic (exact) mass is 431 g/mol. The van der Waals surface area contributed by atoms with Crippen molar-refractivity contribution in [2.24, 2.45) is 23.7 Å². The Morgan fingerprint density at radius 2 is 1.81 bits per heavy atom. The second-order valence-corrected chi connectivity index (χ2v) is 9.59. The molecule has 6 nitrogen and oxygen atoms in total. The lowest BCUT2D eigenvalue weighted by Gasteiger charge is -2.54. The molecule has 4 fully saturated rings. The zero-order chi connectivity index (χ0) is 18.7. The second-order valence-electron chi connectivity index (χ2n) is 8.80. The van der Waals surface area contributed by atoms with E-state index in [1.54, 1.807) is 4.68 Å². The van der Waals surface area contributed by atoms with Crippen LogP contribution < -0.4 is 5.32 Å². The third kappa shape index (κ3) is 3.04. The van der Waals surface area contributed by atoms with Gasteiger partial charge in [-0.15, -0.1) is 0 Å². The molecule has 2 aromatic heterocycles. The van der Waals surface area contributed by atoms with Crippen molar-refractivity contribution in [2.45, 2.75) is 58.7 Å². The van der Waals surface area contributed by atoms with E-state index in [9.17, 15) is 4.79 Å². The van der Waals surface area contributed by atoms with Gasteiger partial charge < -0.3 is 5.32 Å². The zero-order valence-corrected chi connectivity index (χ0v) is 17.4. The molecule has 0 unspecified atom stereocenters. The van der Waals surface area contributed by atoms with E-state index in [1.807, 2.05) is 30.8 Å². The fraction of sp³-hybridized carbons (Fsp3) is 0.650. The Hall–Kier alpha value is -1.63. The van der Waals surface area contributed by atoms with Gasteiger partial charge >= 0.3 is 0 Å². The summed E-state index contributed by atoms with van der Waals surface area (Å²) in [6.45, 7) is 4.50. The van der Waals surface area contributed by atoms with Gasteiger partial charge in [-0.3, -0.25) is 9.48 Å². The van der Waals surface area contributed by atoms with Gasteiger partial charge in [0.1, 0.15) is 12.4 Å². The van der Waals surface area contributed by atoms with E-state index < -0.39 is 0 Å². The number of halogens is 1. The summed E-state index contributed by atoms with van der Waals surface area (Å²) < 4.78 is 4.69. The normalized spacial score (nSPS) is 31.4. The van der Waals surface area contributed by atoms with Crippen LogP contribution in [0.5, 0.6) is 0 Å². The molecule has 7 heteroatoms. The van der Waals surface area contributed by atoms with Crippen LogP contribution in [0.15, 0.2) is 16.7 Å². The fourth-order valence-electron chi connectivity index (χ4n) is 5.90. The van der Waals surface area contributed by atoms with Gasteiger partial charge in [0.2, 0.25) is 0 Å². The molecule has 0 aliphatic heterocycles. The minimum Gasteiger partial charge on any atom is -0.347 e. The summed E-state index contributed by atoms with van der Waals surface area (Å²) in [6, 6.07) is 2.16. The standard InChI is InChI=1S/C20H26BrN5O/c1-11-18(21)12(2)26(23-11)10-25-4-3-17(24-25)20(27)22-19-15-6-13-5-14(8-15)9-16(19)7-13/h3-4,13-16,19H,5-10H2,1-2H3,(H,22,27). The van der Waals surface area contributed by atoms with Crippen molar-refractivity contribution in [1.82, 2.24) is 24.9 Å². The van der Waals surface area contributed by atoms with Crippen molar-refractivity contribution >= 4 is 21.8 Å². The first-order chi connectivity index (χ1) is 13.0. The average molecular weight is 432 g/mol. The summed E-state index contributed by atoms with van der Waals surface area (Å²) in [5.74, 6) is 3.17. The first-order valence-electron chi connectivity index (χ1n) is 10.0. The average Bonchev–Trinajstić information content (AvgIpc) is 3.19. The van der Waals surface area contributed by atoms with Crippen LogP contribution >= 0.6 is 15.9 Å². The van der Waals surface area contributed by atoms with Crippen molar-refractivity contribution in [1.29, 1.82) is 0 Å². The van der Waals surface area contributed by atoms with Crippen molar-refractivity contribution in [3.8, 4) is 0 Å². The quantitative estimate of drug-likeness (QED) is 0.804. The number of carbonyl (C=O) groups is 1. The molecule has 6 rings (SSSR count). The Labute approximate surface area is 167 Å². The predicted molar refractivity (Wildman–Crippen MR) is 105 cm³/mol. The van der Waals surface area contributed by atoms with Crippen LogP contribution in [0.1, 0.15) is 54.0 Å². The highest BCUT2D eigenvalue weighted by molar-refractivity contribution is 9.10. The summed E-state index contributed by atoms with van der Waals surface area (Å²) in [5, 5.41) is 12.3. The molecular weight excluding hydrogens is 406 g/mol. The third-order valence-corrected chi connectivity index (χ3v) is 8.12. The smallest absolute Gasteiger partial charge is 0.272 e. The summed E-state index contributed by atoms with van der Waals surface area (Å²) in [7, 11) is 0. The molecule has 4 bridgehead atoms. The van der Waals surface area contributed by atoms with E-state index in [-0.39, 0.29) is 5.91 Å². The molecule has 4 saturated carbocycles.